The van der Waals surface area contributed by atoms with Crippen LogP contribution < -0.4 is 11.1 Å². The van der Waals surface area contributed by atoms with Crippen LogP contribution in [0.5, 0.6) is 0 Å². The van der Waals surface area contributed by atoms with Crippen LogP contribution in [0.15, 0.2) is 0 Å². The Hall–Kier alpha value is -0.280. The first-order valence-electron chi connectivity index (χ1n) is 6.94. The van der Waals surface area contributed by atoms with Crippen molar-refractivity contribution in [2.45, 2.75) is 64.8 Å². The molecule has 0 aromatic heterocycles. The van der Waals surface area contributed by atoms with Crippen molar-refractivity contribution in [3.63, 3.8) is 0 Å². The summed E-state index contributed by atoms with van der Waals surface area (Å²) >= 11 is 0. The highest BCUT2D eigenvalue weighted by Gasteiger charge is 2.22. The Morgan fingerprint density at radius 2 is 1.89 bits per heavy atom. The van der Waals surface area contributed by atoms with Crippen LogP contribution in [0.25, 0.3) is 0 Å². The molecule has 1 unspecified atom stereocenters. The number of carbonyl (C=O) groups excluding carboxylic acids is 1. The van der Waals surface area contributed by atoms with Crippen LogP contribution in [-0.4, -0.2) is 18.0 Å². The molecule has 0 aromatic rings. The van der Waals surface area contributed by atoms with Crippen molar-refractivity contribution in [3.8, 4) is 0 Å². The molecule has 0 radical (unpaired) electrons. The molecular formula is C14H29ClN2O. The first-order chi connectivity index (χ1) is 7.88. The van der Waals surface area contributed by atoms with Gasteiger partial charge in [-0.05, 0) is 25.7 Å². The van der Waals surface area contributed by atoms with Gasteiger partial charge in [0.2, 0.25) is 5.91 Å². The summed E-state index contributed by atoms with van der Waals surface area (Å²) in [4.78, 5) is 11.8. The highest BCUT2D eigenvalue weighted by molar-refractivity contribution is 5.85. The quantitative estimate of drug-likeness (QED) is 0.811. The highest BCUT2D eigenvalue weighted by Crippen LogP contribution is 2.31. The van der Waals surface area contributed by atoms with Gasteiger partial charge in [-0.2, -0.15) is 0 Å². The van der Waals surface area contributed by atoms with Crippen molar-refractivity contribution < 1.29 is 4.79 Å². The standard InChI is InChI=1S/C14H28N2O.ClH/c1-11(12-7-5-4-6-8-12)9-13(17)16-10-14(2,3)15;/h11-12H,4-10,15H2,1-3H3,(H,16,17);1H. The molecule has 0 bridgehead atoms. The van der Waals surface area contributed by atoms with E-state index in [0.29, 0.717) is 18.9 Å². The summed E-state index contributed by atoms with van der Waals surface area (Å²) in [6.07, 6.45) is 7.31. The lowest BCUT2D eigenvalue weighted by Gasteiger charge is -2.27. The van der Waals surface area contributed by atoms with Crippen LogP contribution in [0, 0.1) is 11.8 Å². The number of nitrogens with two attached hydrogens (primary N) is 1. The summed E-state index contributed by atoms with van der Waals surface area (Å²) in [5.74, 6) is 1.41. The fourth-order valence-electron chi connectivity index (χ4n) is 2.56. The molecule has 4 heteroatoms. The van der Waals surface area contributed by atoms with Crippen LogP contribution in [0.3, 0.4) is 0 Å². The van der Waals surface area contributed by atoms with Gasteiger partial charge in [0, 0.05) is 18.5 Å². The van der Waals surface area contributed by atoms with Crippen molar-refractivity contribution in [2.24, 2.45) is 17.6 Å². The summed E-state index contributed by atoms with van der Waals surface area (Å²) in [7, 11) is 0. The number of hydrogen-bond donors (Lipinski definition) is 2. The van der Waals surface area contributed by atoms with Gasteiger partial charge in [0.05, 0.1) is 0 Å². The second-order valence-corrected chi connectivity index (χ2v) is 6.34. The molecule has 0 aromatic carbocycles. The molecule has 1 saturated carbocycles. The summed E-state index contributed by atoms with van der Waals surface area (Å²) in [5, 5.41) is 2.93. The molecule has 3 N–H and O–H groups in total. The van der Waals surface area contributed by atoms with Crippen LogP contribution in [-0.2, 0) is 4.79 Å². The third-order valence-electron chi connectivity index (χ3n) is 3.70. The van der Waals surface area contributed by atoms with E-state index in [1.54, 1.807) is 0 Å². The van der Waals surface area contributed by atoms with Crippen LogP contribution in [0.1, 0.15) is 59.3 Å². The van der Waals surface area contributed by atoms with E-state index in [9.17, 15) is 4.79 Å². The number of nitrogens with one attached hydrogen (secondary N) is 1. The molecule has 18 heavy (non-hydrogen) atoms. The average molecular weight is 277 g/mol. The number of halogens is 1. The van der Waals surface area contributed by atoms with Gasteiger partial charge in [-0.25, -0.2) is 0 Å². The Kier molecular flexibility index (Phi) is 7.88. The number of amides is 1. The van der Waals surface area contributed by atoms with Gasteiger partial charge in [-0.3, -0.25) is 4.79 Å². The number of rotatable bonds is 5. The van der Waals surface area contributed by atoms with Crippen LogP contribution in [0.2, 0.25) is 0 Å². The number of carbonyl (C=O) groups is 1. The molecule has 1 amide bonds. The molecule has 0 heterocycles. The molecular weight excluding hydrogens is 248 g/mol. The average Bonchev–Trinajstić information content (AvgIpc) is 2.27. The Morgan fingerprint density at radius 3 is 2.39 bits per heavy atom. The van der Waals surface area contributed by atoms with E-state index in [1.807, 2.05) is 13.8 Å². The van der Waals surface area contributed by atoms with Crippen molar-refractivity contribution in [1.29, 1.82) is 0 Å². The maximum atomic E-state index is 11.8. The second-order valence-electron chi connectivity index (χ2n) is 6.34. The summed E-state index contributed by atoms with van der Waals surface area (Å²) < 4.78 is 0. The fourth-order valence-corrected chi connectivity index (χ4v) is 2.56. The lowest BCUT2D eigenvalue weighted by Crippen LogP contribution is -2.45. The van der Waals surface area contributed by atoms with Gasteiger partial charge in [0.1, 0.15) is 0 Å². The predicted molar refractivity (Wildman–Crippen MR) is 78.9 cm³/mol. The van der Waals surface area contributed by atoms with E-state index >= 15 is 0 Å². The molecule has 1 aliphatic carbocycles. The summed E-state index contributed by atoms with van der Waals surface area (Å²) in [6.45, 7) is 6.63. The zero-order valence-electron chi connectivity index (χ0n) is 12.0. The van der Waals surface area contributed by atoms with Gasteiger partial charge in [0.15, 0.2) is 0 Å². The third kappa shape index (κ3) is 7.22. The first-order valence-corrected chi connectivity index (χ1v) is 6.94. The van der Waals surface area contributed by atoms with Crippen LogP contribution >= 0.6 is 12.4 Å². The largest absolute Gasteiger partial charge is 0.354 e. The Morgan fingerprint density at radius 1 is 1.33 bits per heavy atom. The smallest absolute Gasteiger partial charge is 0.220 e. The van der Waals surface area contributed by atoms with Crippen LogP contribution in [0.4, 0.5) is 0 Å². The SMILES string of the molecule is CC(CC(=O)NCC(C)(C)N)C1CCCCC1.Cl. The maximum Gasteiger partial charge on any atom is 0.220 e. The van der Waals surface area contributed by atoms with Crippen molar-refractivity contribution in [2.75, 3.05) is 6.54 Å². The van der Waals surface area contributed by atoms with E-state index in [2.05, 4.69) is 12.2 Å². The Bertz CT molecular complexity index is 245. The van der Waals surface area contributed by atoms with Gasteiger partial charge in [0.25, 0.3) is 0 Å². The minimum Gasteiger partial charge on any atom is -0.354 e. The highest BCUT2D eigenvalue weighted by atomic mass is 35.5. The van der Waals surface area contributed by atoms with E-state index in [4.69, 9.17) is 5.73 Å². The molecule has 1 aliphatic rings. The normalized spacial score (nSPS) is 18.9. The fraction of sp³-hybridized carbons (Fsp3) is 0.929. The van der Waals surface area contributed by atoms with Gasteiger partial charge in [-0.1, -0.05) is 39.0 Å². The minimum absolute atomic E-state index is 0. The zero-order chi connectivity index (χ0) is 12.9. The summed E-state index contributed by atoms with van der Waals surface area (Å²) in [6, 6.07) is 0. The van der Waals surface area contributed by atoms with E-state index in [0.717, 1.165) is 5.92 Å². The molecule has 3 nitrogen and oxygen atoms in total. The van der Waals surface area contributed by atoms with E-state index < -0.39 is 0 Å². The maximum absolute atomic E-state index is 11.8. The van der Waals surface area contributed by atoms with Gasteiger partial charge >= 0.3 is 0 Å². The lowest BCUT2D eigenvalue weighted by atomic mass is 9.79. The van der Waals surface area contributed by atoms with E-state index in [1.165, 1.54) is 32.1 Å². The van der Waals surface area contributed by atoms with Crippen molar-refractivity contribution in [1.82, 2.24) is 5.32 Å². The lowest BCUT2D eigenvalue weighted by molar-refractivity contribution is -0.122. The minimum atomic E-state index is -0.316. The summed E-state index contributed by atoms with van der Waals surface area (Å²) in [5.41, 5.74) is 5.53. The zero-order valence-corrected chi connectivity index (χ0v) is 12.8. The van der Waals surface area contributed by atoms with Crippen molar-refractivity contribution in [3.05, 3.63) is 0 Å². The third-order valence-corrected chi connectivity index (χ3v) is 3.70. The molecule has 108 valence electrons. The van der Waals surface area contributed by atoms with Gasteiger partial charge < -0.3 is 11.1 Å². The molecule has 0 spiro atoms. The second kappa shape index (κ2) is 8.00. The molecule has 1 rings (SSSR count). The predicted octanol–water partition coefficient (Wildman–Crippen LogP) is 2.87. The molecule has 1 atom stereocenters. The van der Waals surface area contributed by atoms with Gasteiger partial charge in [-0.15, -0.1) is 12.4 Å². The topological polar surface area (TPSA) is 55.1 Å². The first kappa shape index (κ1) is 17.7. The van der Waals surface area contributed by atoms with E-state index in [-0.39, 0.29) is 23.9 Å². The molecule has 1 fully saturated rings. The molecule has 0 saturated heterocycles. The Balaban J connectivity index is 0.00000289. The van der Waals surface area contributed by atoms with Crippen molar-refractivity contribution >= 4 is 18.3 Å². The monoisotopic (exact) mass is 276 g/mol. The Labute approximate surface area is 118 Å². The molecule has 0 aliphatic heterocycles. The number of hydrogen-bond acceptors (Lipinski definition) is 2.